The Morgan fingerprint density at radius 1 is 1.57 bits per heavy atom. The van der Waals surface area contributed by atoms with Gasteiger partial charge in [-0.15, -0.1) is 0 Å². The van der Waals surface area contributed by atoms with Crippen molar-refractivity contribution in [2.45, 2.75) is 13.3 Å². The molecule has 2 N–H and O–H groups in total. The molecule has 0 aliphatic heterocycles. The third kappa shape index (κ3) is 2.02. The van der Waals surface area contributed by atoms with Crippen molar-refractivity contribution < 1.29 is 13.9 Å². The van der Waals surface area contributed by atoms with Gasteiger partial charge in [-0.25, -0.2) is 4.39 Å². The molecule has 14 heavy (non-hydrogen) atoms. The zero-order valence-corrected chi connectivity index (χ0v) is 8.13. The smallest absolute Gasteiger partial charge is 0.310 e. The Morgan fingerprint density at radius 3 is 2.79 bits per heavy atom. The lowest BCUT2D eigenvalue weighted by molar-refractivity contribution is -0.139. The first kappa shape index (κ1) is 10.5. The monoisotopic (exact) mass is 197 g/mol. The molecule has 0 radical (unpaired) electrons. The number of nitrogen functional groups attached to an aromatic ring is 1. The first-order valence-electron chi connectivity index (χ1n) is 4.16. The summed E-state index contributed by atoms with van der Waals surface area (Å²) in [5.74, 6) is -0.900. The molecule has 0 atom stereocenters. The Kier molecular flexibility index (Phi) is 3.06. The highest BCUT2D eigenvalue weighted by atomic mass is 19.1. The van der Waals surface area contributed by atoms with Gasteiger partial charge in [-0.3, -0.25) is 4.79 Å². The average molecular weight is 197 g/mol. The van der Waals surface area contributed by atoms with Crippen molar-refractivity contribution in [1.82, 2.24) is 0 Å². The van der Waals surface area contributed by atoms with Crippen LogP contribution in [0.25, 0.3) is 0 Å². The van der Waals surface area contributed by atoms with Crippen molar-refractivity contribution in [3.05, 3.63) is 29.1 Å². The van der Waals surface area contributed by atoms with Crippen molar-refractivity contribution in [2.24, 2.45) is 0 Å². The first-order chi connectivity index (χ1) is 6.56. The summed E-state index contributed by atoms with van der Waals surface area (Å²) in [7, 11) is 1.27. The highest BCUT2D eigenvalue weighted by molar-refractivity contribution is 5.73. The molecule has 0 unspecified atom stereocenters. The van der Waals surface area contributed by atoms with Gasteiger partial charge >= 0.3 is 5.97 Å². The lowest BCUT2D eigenvalue weighted by Gasteiger charge is -2.06. The quantitative estimate of drug-likeness (QED) is 0.576. The summed E-state index contributed by atoms with van der Waals surface area (Å²) >= 11 is 0. The van der Waals surface area contributed by atoms with Gasteiger partial charge in [-0.2, -0.15) is 0 Å². The second kappa shape index (κ2) is 4.09. The largest absolute Gasteiger partial charge is 0.469 e. The fraction of sp³-hybridized carbons (Fsp3) is 0.300. The van der Waals surface area contributed by atoms with Crippen LogP contribution in [0.5, 0.6) is 0 Å². The number of hydrogen-bond acceptors (Lipinski definition) is 3. The number of anilines is 1. The Bertz CT molecular complexity index is 363. The van der Waals surface area contributed by atoms with Crippen molar-refractivity contribution in [2.75, 3.05) is 12.8 Å². The van der Waals surface area contributed by atoms with Crippen molar-refractivity contribution in [3.63, 3.8) is 0 Å². The number of halogens is 1. The maximum absolute atomic E-state index is 13.5. The fourth-order valence-electron chi connectivity index (χ4n) is 1.12. The minimum Gasteiger partial charge on any atom is -0.469 e. The molecule has 1 aromatic rings. The number of rotatable bonds is 2. The van der Waals surface area contributed by atoms with Gasteiger partial charge in [0, 0.05) is 11.3 Å². The van der Waals surface area contributed by atoms with E-state index in [9.17, 15) is 9.18 Å². The van der Waals surface area contributed by atoms with Crippen LogP contribution in [0.3, 0.4) is 0 Å². The molecule has 0 aromatic heterocycles. The highest BCUT2D eigenvalue weighted by Gasteiger charge is 2.11. The second-order valence-corrected chi connectivity index (χ2v) is 3.01. The van der Waals surface area contributed by atoms with Gasteiger partial charge in [0.25, 0.3) is 0 Å². The van der Waals surface area contributed by atoms with Gasteiger partial charge in [0.05, 0.1) is 13.5 Å². The zero-order valence-electron chi connectivity index (χ0n) is 8.13. The van der Waals surface area contributed by atoms with E-state index in [1.54, 1.807) is 13.0 Å². The standard InChI is InChI=1S/C10H12FNO2/c1-6-8(12)4-3-7(10(6)11)5-9(13)14-2/h3-4H,5,12H2,1-2H3. The summed E-state index contributed by atoms with van der Waals surface area (Å²) in [5.41, 5.74) is 6.56. The molecular weight excluding hydrogens is 185 g/mol. The van der Waals surface area contributed by atoms with Crippen LogP contribution >= 0.6 is 0 Å². The van der Waals surface area contributed by atoms with Gasteiger partial charge in [0.2, 0.25) is 0 Å². The summed E-state index contributed by atoms with van der Waals surface area (Å²) < 4.78 is 17.9. The number of carbonyl (C=O) groups is 1. The number of carbonyl (C=O) groups excluding carboxylic acids is 1. The normalized spacial score (nSPS) is 9.93. The summed E-state index contributed by atoms with van der Waals surface area (Å²) in [4.78, 5) is 10.9. The molecule has 0 saturated carbocycles. The molecular formula is C10H12FNO2. The van der Waals surface area contributed by atoms with E-state index in [0.29, 0.717) is 16.8 Å². The van der Waals surface area contributed by atoms with E-state index in [1.165, 1.54) is 13.2 Å². The Morgan fingerprint density at radius 2 is 2.21 bits per heavy atom. The maximum atomic E-state index is 13.5. The zero-order chi connectivity index (χ0) is 10.7. The van der Waals surface area contributed by atoms with Gasteiger partial charge in [0.1, 0.15) is 5.82 Å². The minimum atomic E-state index is -0.465. The number of esters is 1. The SMILES string of the molecule is COC(=O)Cc1ccc(N)c(C)c1F. The van der Waals surface area contributed by atoms with E-state index in [2.05, 4.69) is 4.74 Å². The molecule has 0 heterocycles. The third-order valence-electron chi connectivity index (χ3n) is 2.07. The summed E-state index contributed by atoms with van der Waals surface area (Å²) in [6.07, 6.45) is -0.0660. The van der Waals surface area contributed by atoms with Gasteiger partial charge < -0.3 is 10.5 Å². The molecule has 4 heteroatoms. The lowest BCUT2D eigenvalue weighted by atomic mass is 10.1. The molecule has 76 valence electrons. The third-order valence-corrected chi connectivity index (χ3v) is 2.07. The van der Waals surface area contributed by atoms with Crippen molar-refractivity contribution in [1.29, 1.82) is 0 Å². The Balaban J connectivity index is 3.00. The predicted molar refractivity (Wildman–Crippen MR) is 51.3 cm³/mol. The number of hydrogen-bond donors (Lipinski definition) is 1. The van der Waals surface area contributed by atoms with E-state index in [-0.39, 0.29) is 6.42 Å². The first-order valence-corrected chi connectivity index (χ1v) is 4.16. The summed E-state index contributed by atoms with van der Waals surface area (Å²) in [6, 6.07) is 3.07. The van der Waals surface area contributed by atoms with E-state index in [1.807, 2.05) is 0 Å². The number of methoxy groups -OCH3 is 1. The van der Waals surface area contributed by atoms with Crippen LogP contribution < -0.4 is 5.73 Å². The molecule has 0 aliphatic carbocycles. The summed E-state index contributed by atoms with van der Waals surface area (Å²) in [6.45, 7) is 1.57. The van der Waals surface area contributed by atoms with Crippen LogP contribution in [0.2, 0.25) is 0 Å². The molecule has 0 amide bonds. The fourth-order valence-corrected chi connectivity index (χ4v) is 1.12. The van der Waals surface area contributed by atoms with Crippen LogP contribution in [-0.4, -0.2) is 13.1 Å². The van der Waals surface area contributed by atoms with Crippen LogP contribution in [0.1, 0.15) is 11.1 Å². The Hall–Kier alpha value is -1.58. The second-order valence-electron chi connectivity index (χ2n) is 3.01. The van der Waals surface area contributed by atoms with E-state index < -0.39 is 11.8 Å². The molecule has 0 fully saturated rings. The van der Waals surface area contributed by atoms with Crippen molar-refractivity contribution >= 4 is 11.7 Å². The van der Waals surface area contributed by atoms with Crippen molar-refractivity contribution in [3.8, 4) is 0 Å². The minimum absolute atomic E-state index is 0.0660. The molecule has 1 rings (SSSR count). The van der Waals surface area contributed by atoms with E-state index in [0.717, 1.165) is 0 Å². The van der Waals surface area contributed by atoms with Gasteiger partial charge in [-0.1, -0.05) is 6.07 Å². The van der Waals surface area contributed by atoms with E-state index >= 15 is 0 Å². The Labute approximate surface area is 81.7 Å². The summed E-state index contributed by atoms with van der Waals surface area (Å²) in [5, 5.41) is 0. The molecule has 3 nitrogen and oxygen atoms in total. The number of benzene rings is 1. The van der Waals surface area contributed by atoms with Crippen LogP contribution in [0.15, 0.2) is 12.1 Å². The molecule has 0 spiro atoms. The van der Waals surface area contributed by atoms with Crippen LogP contribution in [-0.2, 0) is 16.0 Å². The molecule has 0 saturated heterocycles. The van der Waals surface area contributed by atoms with Gasteiger partial charge in [-0.05, 0) is 18.6 Å². The van der Waals surface area contributed by atoms with Crippen LogP contribution in [0.4, 0.5) is 10.1 Å². The predicted octanol–water partition coefficient (Wildman–Crippen LogP) is 1.43. The molecule has 0 bridgehead atoms. The molecule has 0 aliphatic rings. The van der Waals surface area contributed by atoms with E-state index in [4.69, 9.17) is 5.73 Å². The number of ether oxygens (including phenoxy) is 1. The highest BCUT2D eigenvalue weighted by Crippen LogP contribution is 2.19. The topological polar surface area (TPSA) is 52.3 Å². The van der Waals surface area contributed by atoms with Crippen LogP contribution in [0, 0.1) is 12.7 Å². The average Bonchev–Trinajstić information content (AvgIpc) is 2.19. The maximum Gasteiger partial charge on any atom is 0.310 e. The molecule has 1 aromatic carbocycles. The number of nitrogens with two attached hydrogens (primary N) is 1. The van der Waals surface area contributed by atoms with Gasteiger partial charge in [0.15, 0.2) is 0 Å². The lowest BCUT2D eigenvalue weighted by Crippen LogP contribution is -2.07.